The Morgan fingerprint density at radius 2 is 2.11 bits per heavy atom. The zero-order chi connectivity index (χ0) is 13.7. The highest BCUT2D eigenvalue weighted by Crippen LogP contribution is 2.23. The summed E-state index contributed by atoms with van der Waals surface area (Å²) in [6.07, 6.45) is 0. The van der Waals surface area contributed by atoms with Gasteiger partial charge in [-0.25, -0.2) is 9.37 Å². The number of ether oxygens (including phenoxy) is 2. The highest BCUT2D eigenvalue weighted by atomic mass is 32.1. The summed E-state index contributed by atoms with van der Waals surface area (Å²) in [5, 5.41) is 0.791. The first-order chi connectivity index (χ1) is 9.24. The summed E-state index contributed by atoms with van der Waals surface area (Å²) in [6.45, 7) is 0.697. The quantitative estimate of drug-likeness (QED) is 0.829. The van der Waals surface area contributed by atoms with E-state index < -0.39 is 0 Å². The molecular weight excluding hydrogens is 285 g/mol. The van der Waals surface area contributed by atoms with Crippen molar-refractivity contribution in [1.82, 2.24) is 4.98 Å². The molecule has 3 nitrogen and oxygen atoms in total. The zero-order valence-corrected chi connectivity index (χ0v) is 12.1. The topological polar surface area (TPSA) is 31.4 Å². The van der Waals surface area contributed by atoms with Crippen molar-refractivity contribution < 1.29 is 13.9 Å². The van der Waals surface area contributed by atoms with Crippen LogP contribution in [-0.2, 0) is 23.7 Å². The molecule has 0 fully saturated rings. The Morgan fingerprint density at radius 3 is 2.79 bits per heavy atom. The third-order valence-electron chi connectivity index (χ3n) is 2.44. The van der Waals surface area contributed by atoms with Crippen LogP contribution in [0.5, 0.6) is 5.75 Å². The molecule has 0 aliphatic carbocycles. The lowest BCUT2D eigenvalue weighted by Crippen LogP contribution is -1.97. The fourth-order valence-corrected chi connectivity index (χ4v) is 2.79. The molecule has 1 aromatic carbocycles. The Balaban J connectivity index is 2.05. The second-order valence-electron chi connectivity index (χ2n) is 3.79. The smallest absolute Gasteiger partial charge is 0.165 e. The van der Waals surface area contributed by atoms with Gasteiger partial charge in [0.15, 0.2) is 11.6 Å². The summed E-state index contributed by atoms with van der Waals surface area (Å²) in [4.78, 5) is 5.47. The molecule has 0 saturated carbocycles. The van der Waals surface area contributed by atoms with E-state index in [0.717, 1.165) is 15.6 Å². The highest BCUT2D eigenvalue weighted by Gasteiger charge is 2.11. The van der Waals surface area contributed by atoms with Gasteiger partial charge in [0.05, 0.1) is 12.3 Å². The molecule has 2 rings (SSSR count). The molecule has 0 atom stereocenters. The van der Waals surface area contributed by atoms with E-state index in [-0.39, 0.29) is 18.2 Å². The Bertz CT molecular complexity index is 545. The predicted molar refractivity (Wildman–Crippen MR) is 76.2 cm³/mol. The van der Waals surface area contributed by atoms with E-state index in [1.165, 1.54) is 17.4 Å². The van der Waals surface area contributed by atoms with Gasteiger partial charge in [0.25, 0.3) is 0 Å². The summed E-state index contributed by atoms with van der Waals surface area (Å²) in [5.74, 6) is 0.472. The van der Waals surface area contributed by atoms with Crippen molar-refractivity contribution in [2.45, 2.75) is 19.0 Å². The van der Waals surface area contributed by atoms with Crippen LogP contribution in [0, 0.1) is 5.82 Å². The molecule has 0 N–H and O–H groups in total. The molecule has 0 radical (unpaired) electrons. The van der Waals surface area contributed by atoms with Crippen molar-refractivity contribution in [3.8, 4) is 5.75 Å². The maximum atomic E-state index is 13.4. The number of aromatic nitrogens is 1. The van der Waals surface area contributed by atoms with Crippen LogP contribution in [0.15, 0.2) is 24.3 Å². The molecule has 0 unspecified atom stereocenters. The molecule has 2 aromatic rings. The molecule has 0 aliphatic heterocycles. The van der Waals surface area contributed by atoms with Crippen LogP contribution in [0.3, 0.4) is 0 Å². The molecule has 0 bridgehead atoms. The van der Waals surface area contributed by atoms with Crippen molar-refractivity contribution >= 4 is 24.0 Å². The minimum absolute atomic E-state index is 0.235. The number of para-hydroxylation sites is 1. The van der Waals surface area contributed by atoms with Gasteiger partial charge in [-0.15, -0.1) is 11.3 Å². The summed E-state index contributed by atoms with van der Waals surface area (Å²) in [5.41, 5.74) is 0.870. The van der Waals surface area contributed by atoms with Crippen LogP contribution in [0.2, 0.25) is 0 Å². The molecule has 19 heavy (non-hydrogen) atoms. The van der Waals surface area contributed by atoms with Gasteiger partial charge in [0.1, 0.15) is 11.6 Å². The maximum Gasteiger partial charge on any atom is 0.165 e. The van der Waals surface area contributed by atoms with Crippen molar-refractivity contribution in [2.75, 3.05) is 7.11 Å². The molecule has 0 spiro atoms. The van der Waals surface area contributed by atoms with Crippen LogP contribution in [0.4, 0.5) is 4.39 Å². The maximum absolute atomic E-state index is 13.4. The second kappa shape index (κ2) is 6.88. The van der Waals surface area contributed by atoms with E-state index in [1.54, 1.807) is 25.3 Å². The minimum Gasteiger partial charge on any atom is -0.483 e. The summed E-state index contributed by atoms with van der Waals surface area (Å²) in [6, 6.07) is 6.32. The third-order valence-corrected chi connectivity index (χ3v) is 4.04. The first-order valence-electron chi connectivity index (χ1n) is 5.69. The molecule has 1 aromatic heterocycles. The fraction of sp³-hybridized carbons (Fsp3) is 0.308. The number of hydrogen-bond donors (Lipinski definition) is 1. The SMILES string of the molecule is COCc1nc(COc2ccccc2F)sc1CS. The number of hydrogen-bond acceptors (Lipinski definition) is 5. The molecule has 1 heterocycles. The molecule has 102 valence electrons. The summed E-state index contributed by atoms with van der Waals surface area (Å²) >= 11 is 5.76. The van der Waals surface area contributed by atoms with Crippen LogP contribution in [0.25, 0.3) is 0 Å². The average Bonchev–Trinajstić information content (AvgIpc) is 2.81. The van der Waals surface area contributed by atoms with Crippen molar-refractivity contribution in [3.05, 3.63) is 45.7 Å². The molecule has 0 aliphatic rings. The number of thiazole rings is 1. The van der Waals surface area contributed by atoms with E-state index in [1.807, 2.05) is 0 Å². The first kappa shape index (κ1) is 14.3. The van der Waals surface area contributed by atoms with Gasteiger partial charge in [-0.1, -0.05) is 12.1 Å². The van der Waals surface area contributed by atoms with Crippen LogP contribution < -0.4 is 4.74 Å². The van der Waals surface area contributed by atoms with E-state index in [2.05, 4.69) is 17.6 Å². The van der Waals surface area contributed by atoms with Crippen molar-refractivity contribution in [2.24, 2.45) is 0 Å². The Kier molecular flexibility index (Phi) is 5.18. The van der Waals surface area contributed by atoms with Crippen LogP contribution in [0.1, 0.15) is 15.6 Å². The van der Waals surface area contributed by atoms with Crippen LogP contribution in [-0.4, -0.2) is 12.1 Å². The van der Waals surface area contributed by atoms with Gasteiger partial charge < -0.3 is 9.47 Å². The second-order valence-corrected chi connectivity index (χ2v) is 5.27. The van der Waals surface area contributed by atoms with Gasteiger partial charge in [-0.3, -0.25) is 0 Å². The Labute approximate surface area is 120 Å². The van der Waals surface area contributed by atoms with Gasteiger partial charge in [-0.05, 0) is 12.1 Å². The minimum atomic E-state index is -0.370. The summed E-state index contributed by atoms with van der Waals surface area (Å²) in [7, 11) is 1.62. The number of thiol groups is 1. The average molecular weight is 299 g/mol. The first-order valence-corrected chi connectivity index (χ1v) is 7.14. The normalized spacial score (nSPS) is 10.7. The Morgan fingerprint density at radius 1 is 1.32 bits per heavy atom. The Hall–Kier alpha value is -1.11. The predicted octanol–water partition coefficient (Wildman–Crippen LogP) is 3.44. The standard InChI is InChI=1S/C13H14FNO2S2/c1-16-6-10-12(8-18)19-13(15-10)7-17-11-5-3-2-4-9(11)14/h2-5,18H,6-8H2,1H3. The van der Waals surface area contributed by atoms with E-state index in [4.69, 9.17) is 9.47 Å². The fourth-order valence-electron chi connectivity index (χ4n) is 1.57. The lowest BCUT2D eigenvalue weighted by molar-refractivity contribution is 0.181. The van der Waals surface area contributed by atoms with Crippen molar-refractivity contribution in [3.63, 3.8) is 0 Å². The van der Waals surface area contributed by atoms with Gasteiger partial charge in [-0.2, -0.15) is 12.6 Å². The molecule has 0 amide bonds. The lowest BCUT2D eigenvalue weighted by atomic mass is 10.3. The molecular formula is C13H14FNO2S2. The van der Waals surface area contributed by atoms with Gasteiger partial charge >= 0.3 is 0 Å². The lowest BCUT2D eigenvalue weighted by Gasteiger charge is -2.04. The third kappa shape index (κ3) is 3.68. The van der Waals surface area contributed by atoms with E-state index in [0.29, 0.717) is 12.4 Å². The van der Waals surface area contributed by atoms with Crippen LogP contribution >= 0.6 is 24.0 Å². The van der Waals surface area contributed by atoms with E-state index in [9.17, 15) is 4.39 Å². The number of rotatable bonds is 6. The van der Waals surface area contributed by atoms with Gasteiger partial charge in [0.2, 0.25) is 0 Å². The highest BCUT2D eigenvalue weighted by molar-refractivity contribution is 7.79. The monoisotopic (exact) mass is 299 g/mol. The number of halogens is 1. The van der Waals surface area contributed by atoms with Crippen molar-refractivity contribution in [1.29, 1.82) is 0 Å². The molecule has 0 saturated heterocycles. The zero-order valence-electron chi connectivity index (χ0n) is 10.4. The number of methoxy groups -OCH3 is 1. The van der Waals surface area contributed by atoms with Gasteiger partial charge in [0, 0.05) is 17.7 Å². The molecule has 6 heteroatoms. The van der Waals surface area contributed by atoms with E-state index >= 15 is 0 Å². The number of benzene rings is 1. The number of nitrogens with zero attached hydrogens (tertiary/aromatic N) is 1. The summed E-state index contributed by atoms with van der Waals surface area (Å²) < 4.78 is 23.9. The largest absolute Gasteiger partial charge is 0.483 e.